The molecule has 4 nitrogen and oxygen atoms in total. The number of carbonyl (C=O) groups excluding carboxylic acids is 1. The van der Waals surface area contributed by atoms with Gasteiger partial charge in [-0.3, -0.25) is 10.1 Å². The van der Waals surface area contributed by atoms with Crippen LogP contribution in [0.15, 0.2) is 78.9 Å². The van der Waals surface area contributed by atoms with Gasteiger partial charge in [-0.25, -0.2) is 14.4 Å². The van der Waals surface area contributed by atoms with E-state index in [1.165, 1.54) is 29.0 Å². The van der Waals surface area contributed by atoms with Crippen LogP contribution in [-0.4, -0.2) is 15.9 Å². The van der Waals surface area contributed by atoms with E-state index in [4.69, 9.17) is 4.98 Å². The highest BCUT2D eigenvalue weighted by Gasteiger charge is 2.18. The van der Waals surface area contributed by atoms with Gasteiger partial charge >= 0.3 is 0 Å². The first-order valence-corrected chi connectivity index (χ1v) is 12.6. The van der Waals surface area contributed by atoms with Crippen molar-refractivity contribution in [2.45, 2.75) is 33.1 Å². The third-order valence-corrected chi connectivity index (χ3v) is 7.03. The van der Waals surface area contributed by atoms with Crippen LogP contribution in [0.3, 0.4) is 0 Å². The van der Waals surface area contributed by atoms with Crippen molar-refractivity contribution < 1.29 is 9.18 Å². The number of nitrogens with one attached hydrogen (secondary N) is 1. The summed E-state index contributed by atoms with van der Waals surface area (Å²) in [4.78, 5) is 23.9. The van der Waals surface area contributed by atoms with E-state index in [1.807, 2.05) is 37.3 Å². The van der Waals surface area contributed by atoms with E-state index in [-0.39, 0.29) is 17.1 Å². The lowest BCUT2D eigenvalue weighted by molar-refractivity contribution is 0.102. The maximum Gasteiger partial charge on any atom is 0.258 e. The molecule has 1 N–H and O–H groups in total. The van der Waals surface area contributed by atoms with Crippen LogP contribution < -0.4 is 5.32 Å². The molecule has 0 saturated heterocycles. The van der Waals surface area contributed by atoms with Crippen molar-refractivity contribution in [2.75, 3.05) is 5.32 Å². The lowest BCUT2D eigenvalue weighted by Crippen LogP contribution is -2.13. The standard InChI is InChI=1S/C30H26FN3OS/c1-18-27(20-11-15-22(31)16-12-20)33-29(36-18)34-28(35)24-17-26(32-25-8-6-5-7-23(24)25)19-9-13-21(14-10-19)30(2,3)4/h5-17H,1-4H3,(H,33,34,35). The monoisotopic (exact) mass is 495 g/mol. The van der Waals surface area contributed by atoms with Crippen LogP contribution in [0.2, 0.25) is 0 Å². The van der Waals surface area contributed by atoms with E-state index in [1.54, 1.807) is 12.1 Å². The van der Waals surface area contributed by atoms with Gasteiger partial charge in [-0.15, -0.1) is 11.3 Å². The highest BCUT2D eigenvalue weighted by molar-refractivity contribution is 7.16. The van der Waals surface area contributed by atoms with Gasteiger partial charge in [0.2, 0.25) is 0 Å². The summed E-state index contributed by atoms with van der Waals surface area (Å²) in [6.07, 6.45) is 0. The van der Waals surface area contributed by atoms with Gasteiger partial charge in [0, 0.05) is 21.4 Å². The number of aromatic nitrogens is 2. The van der Waals surface area contributed by atoms with Gasteiger partial charge in [0.05, 0.1) is 22.5 Å². The second kappa shape index (κ2) is 9.28. The van der Waals surface area contributed by atoms with Gasteiger partial charge in [-0.2, -0.15) is 0 Å². The number of pyridine rings is 1. The summed E-state index contributed by atoms with van der Waals surface area (Å²) in [6.45, 7) is 8.48. The van der Waals surface area contributed by atoms with E-state index < -0.39 is 0 Å². The van der Waals surface area contributed by atoms with Crippen molar-refractivity contribution in [3.63, 3.8) is 0 Å². The molecule has 0 aliphatic heterocycles. The Bertz CT molecular complexity index is 1570. The molecular formula is C30H26FN3OS. The van der Waals surface area contributed by atoms with Gasteiger partial charge in [-0.1, -0.05) is 63.2 Å². The Kier molecular flexibility index (Phi) is 6.14. The molecule has 0 radical (unpaired) electrons. The van der Waals surface area contributed by atoms with E-state index in [2.05, 4.69) is 55.3 Å². The molecule has 6 heteroatoms. The fraction of sp³-hybridized carbons (Fsp3) is 0.167. The van der Waals surface area contributed by atoms with Crippen LogP contribution in [0.4, 0.5) is 9.52 Å². The first-order valence-electron chi connectivity index (χ1n) is 11.7. The molecule has 0 saturated carbocycles. The number of aryl methyl sites for hydroxylation is 1. The van der Waals surface area contributed by atoms with Crippen molar-refractivity contribution in [2.24, 2.45) is 0 Å². The van der Waals surface area contributed by atoms with E-state index in [0.717, 1.165) is 38.3 Å². The number of carbonyl (C=O) groups is 1. The molecule has 0 aliphatic carbocycles. The normalized spacial score (nSPS) is 11.6. The molecule has 0 aliphatic rings. The number of para-hydroxylation sites is 1. The number of amides is 1. The van der Waals surface area contributed by atoms with Crippen LogP contribution in [0.5, 0.6) is 0 Å². The molecule has 2 heterocycles. The molecule has 0 fully saturated rings. The number of hydrogen-bond donors (Lipinski definition) is 1. The molecule has 5 rings (SSSR count). The van der Waals surface area contributed by atoms with Crippen LogP contribution >= 0.6 is 11.3 Å². The summed E-state index contributed by atoms with van der Waals surface area (Å²) in [5, 5.41) is 4.24. The molecule has 2 aromatic heterocycles. The zero-order valence-electron chi connectivity index (χ0n) is 20.6. The van der Waals surface area contributed by atoms with E-state index >= 15 is 0 Å². The molecule has 5 aromatic rings. The molecule has 3 aromatic carbocycles. The summed E-state index contributed by atoms with van der Waals surface area (Å²) in [5.74, 6) is -0.547. The van der Waals surface area contributed by atoms with E-state index in [9.17, 15) is 9.18 Å². The van der Waals surface area contributed by atoms with Gasteiger partial charge in [0.15, 0.2) is 5.13 Å². The lowest BCUT2D eigenvalue weighted by atomic mass is 9.86. The first kappa shape index (κ1) is 23.8. The molecular weight excluding hydrogens is 469 g/mol. The fourth-order valence-electron chi connectivity index (χ4n) is 4.14. The average molecular weight is 496 g/mol. The molecule has 180 valence electrons. The molecule has 36 heavy (non-hydrogen) atoms. The minimum Gasteiger partial charge on any atom is -0.298 e. The number of benzene rings is 3. The number of halogens is 1. The van der Waals surface area contributed by atoms with Crippen molar-refractivity contribution >= 4 is 33.3 Å². The second-order valence-electron chi connectivity index (χ2n) is 9.78. The summed E-state index contributed by atoms with van der Waals surface area (Å²) in [7, 11) is 0. The van der Waals surface area contributed by atoms with Crippen molar-refractivity contribution in [1.29, 1.82) is 0 Å². The largest absolute Gasteiger partial charge is 0.298 e. The molecule has 0 spiro atoms. The molecule has 0 unspecified atom stereocenters. The summed E-state index contributed by atoms with van der Waals surface area (Å²) in [5.41, 5.74) is 5.80. The molecule has 0 bridgehead atoms. The molecule has 1 amide bonds. The quantitative estimate of drug-likeness (QED) is 0.275. The Balaban J connectivity index is 1.50. The summed E-state index contributed by atoms with van der Waals surface area (Å²) < 4.78 is 13.3. The van der Waals surface area contributed by atoms with Crippen LogP contribution in [0, 0.1) is 12.7 Å². The Morgan fingerprint density at radius 1 is 0.889 bits per heavy atom. The van der Waals surface area contributed by atoms with Crippen LogP contribution in [0.1, 0.15) is 41.6 Å². The Morgan fingerprint density at radius 3 is 2.25 bits per heavy atom. The highest BCUT2D eigenvalue weighted by atomic mass is 32.1. The lowest BCUT2D eigenvalue weighted by Gasteiger charge is -2.19. The highest BCUT2D eigenvalue weighted by Crippen LogP contribution is 2.32. The molecule has 0 atom stereocenters. The Labute approximate surface area is 213 Å². The third-order valence-electron chi connectivity index (χ3n) is 6.14. The number of rotatable bonds is 4. The van der Waals surface area contributed by atoms with Crippen molar-refractivity contribution in [3.05, 3.63) is 101 Å². The predicted molar refractivity (Wildman–Crippen MR) is 146 cm³/mol. The van der Waals surface area contributed by atoms with Gasteiger partial charge in [-0.05, 0) is 54.3 Å². The average Bonchev–Trinajstić information content (AvgIpc) is 3.23. The van der Waals surface area contributed by atoms with E-state index in [0.29, 0.717) is 10.7 Å². The Hall–Kier alpha value is -3.90. The number of anilines is 1. The third kappa shape index (κ3) is 4.77. The minimum atomic E-state index is -0.298. The fourth-order valence-corrected chi connectivity index (χ4v) is 4.97. The SMILES string of the molecule is Cc1sc(NC(=O)c2cc(-c3ccc(C(C)(C)C)cc3)nc3ccccc23)nc1-c1ccc(F)cc1. The van der Waals surface area contributed by atoms with Gasteiger partial charge in [0.1, 0.15) is 5.82 Å². The summed E-state index contributed by atoms with van der Waals surface area (Å²) in [6, 6.07) is 24.0. The number of fused-ring (bicyclic) bond motifs is 1. The number of nitrogens with zero attached hydrogens (tertiary/aromatic N) is 2. The first-order chi connectivity index (χ1) is 17.2. The summed E-state index contributed by atoms with van der Waals surface area (Å²) >= 11 is 1.39. The zero-order chi connectivity index (χ0) is 25.4. The van der Waals surface area contributed by atoms with Gasteiger partial charge in [0.25, 0.3) is 5.91 Å². The number of thiazole rings is 1. The zero-order valence-corrected chi connectivity index (χ0v) is 21.4. The predicted octanol–water partition coefficient (Wildman–Crippen LogP) is 8.02. The number of hydrogen-bond acceptors (Lipinski definition) is 4. The second-order valence-corrected chi connectivity index (χ2v) is 11.0. The minimum absolute atomic E-state index is 0.0546. The smallest absolute Gasteiger partial charge is 0.258 e. The maximum atomic E-state index is 13.5. The van der Waals surface area contributed by atoms with Crippen molar-refractivity contribution in [3.8, 4) is 22.5 Å². The van der Waals surface area contributed by atoms with Gasteiger partial charge < -0.3 is 0 Å². The van der Waals surface area contributed by atoms with Crippen molar-refractivity contribution in [1.82, 2.24) is 9.97 Å². The topological polar surface area (TPSA) is 54.9 Å². The van der Waals surface area contributed by atoms with Crippen LogP contribution in [0.25, 0.3) is 33.4 Å². The Morgan fingerprint density at radius 2 is 1.56 bits per heavy atom. The maximum absolute atomic E-state index is 13.5. The van der Waals surface area contributed by atoms with Crippen LogP contribution in [-0.2, 0) is 5.41 Å².